The molecule has 25 heavy (non-hydrogen) atoms. The van der Waals surface area contributed by atoms with Gasteiger partial charge in [0.1, 0.15) is 12.2 Å². The first kappa shape index (κ1) is 16.3. The molecule has 0 unspecified atom stereocenters. The van der Waals surface area contributed by atoms with E-state index in [0.29, 0.717) is 5.92 Å². The third-order valence-corrected chi connectivity index (χ3v) is 5.66. The lowest BCUT2D eigenvalue weighted by molar-refractivity contribution is -0.138. The lowest BCUT2D eigenvalue weighted by atomic mass is 9.91. The SMILES string of the molecule is CCN1Cc2ccccc2C[C@@H]1C(=O)N1CCC(c2ncn[nH]2)CC1. The maximum absolute atomic E-state index is 13.2. The molecule has 0 spiro atoms. The van der Waals surface area contributed by atoms with Gasteiger partial charge in [0.2, 0.25) is 5.91 Å². The van der Waals surface area contributed by atoms with Crippen LogP contribution in [0.15, 0.2) is 30.6 Å². The number of nitrogens with zero attached hydrogens (tertiary/aromatic N) is 4. The number of hydrogen-bond acceptors (Lipinski definition) is 4. The number of amides is 1. The summed E-state index contributed by atoms with van der Waals surface area (Å²) >= 11 is 0. The van der Waals surface area contributed by atoms with Crippen LogP contribution in [-0.4, -0.2) is 56.6 Å². The number of likely N-dealkylation sites (N-methyl/N-ethyl adjacent to an activating group) is 1. The highest BCUT2D eigenvalue weighted by atomic mass is 16.2. The number of aromatic nitrogens is 3. The Kier molecular flexibility index (Phi) is 4.53. The predicted octanol–water partition coefficient (Wildman–Crippen LogP) is 1.96. The maximum Gasteiger partial charge on any atom is 0.240 e. The molecule has 2 aromatic rings. The smallest absolute Gasteiger partial charge is 0.240 e. The number of piperidine rings is 1. The molecule has 0 aliphatic carbocycles. The zero-order valence-corrected chi connectivity index (χ0v) is 14.7. The van der Waals surface area contributed by atoms with E-state index in [1.54, 1.807) is 6.33 Å². The summed E-state index contributed by atoms with van der Waals surface area (Å²) in [5, 5.41) is 6.91. The van der Waals surface area contributed by atoms with Crippen molar-refractivity contribution in [1.29, 1.82) is 0 Å². The Morgan fingerprint density at radius 2 is 2.00 bits per heavy atom. The van der Waals surface area contributed by atoms with Crippen molar-refractivity contribution in [2.75, 3.05) is 19.6 Å². The molecule has 0 bridgehead atoms. The number of aromatic amines is 1. The first-order valence-corrected chi connectivity index (χ1v) is 9.21. The molecule has 2 aliphatic heterocycles. The van der Waals surface area contributed by atoms with Gasteiger partial charge in [0, 0.05) is 25.6 Å². The second kappa shape index (κ2) is 6.96. The third kappa shape index (κ3) is 3.18. The molecule has 1 fully saturated rings. The van der Waals surface area contributed by atoms with E-state index >= 15 is 0 Å². The van der Waals surface area contributed by atoms with Crippen LogP contribution in [0.1, 0.15) is 42.6 Å². The summed E-state index contributed by atoms with van der Waals surface area (Å²) in [6, 6.07) is 8.48. The first-order chi connectivity index (χ1) is 12.3. The normalized spacial score (nSPS) is 22.0. The highest BCUT2D eigenvalue weighted by Crippen LogP contribution is 2.28. The van der Waals surface area contributed by atoms with Crippen LogP contribution in [0.25, 0.3) is 0 Å². The zero-order valence-electron chi connectivity index (χ0n) is 14.7. The summed E-state index contributed by atoms with van der Waals surface area (Å²) in [5.41, 5.74) is 2.68. The van der Waals surface area contributed by atoms with Gasteiger partial charge in [-0.3, -0.25) is 14.8 Å². The molecule has 2 aliphatic rings. The molecule has 1 saturated heterocycles. The Labute approximate surface area is 148 Å². The van der Waals surface area contributed by atoms with Crippen molar-refractivity contribution in [3.63, 3.8) is 0 Å². The molecule has 3 heterocycles. The molecule has 1 aromatic heterocycles. The number of nitrogens with one attached hydrogen (secondary N) is 1. The summed E-state index contributed by atoms with van der Waals surface area (Å²) < 4.78 is 0. The lowest BCUT2D eigenvalue weighted by Crippen LogP contribution is -2.53. The van der Waals surface area contributed by atoms with Crippen molar-refractivity contribution in [3.8, 4) is 0 Å². The molecule has 1 amide bonds. The van der Waals surface area contributed by atoms with Gasteiger partial charge in [-0.05, 0) is 36.9 Å². The van der Waals surface area contributed by atoms with Gasteiger partial charge in [-0.25, -0.2) is 4.98 Å². The van der Waals surface area contributed by atoms with Gasteiger partial charge in [0.05, 0.1) is 6.04 Å². The average Bonchev–Trinajstić information content (AvgIpc) is 3.21. The monoisotopic (exact) mass is 339 g/mol. The topological polar surface area (TPSA) is 65.1 Å². The van der Waals surface area contributed by atoms with Crippen molar-refractivity contribution in [1.82, 2.24) is 25.0 Å². The fourth-order valence-corrected chi connectivity index (χ4v) is 4.15. The van der Waals surface area contributed by atoms with Crippen molar-refractivity contribution < 1.29 is 4.79 Å². The van der Waals surface area contributed by atoms with Crippen LogP contribution in [-0.2, 0) is 17.8 Å². The van der Waals surface area contributed by atoms with E-state index in [-0.39, 0.29) is 11.9 Å². The molecule has 4 rings (SSSR count). The van der Waals surface area contributed by atoms with E-state index in [1.807, 2.05) is 4.90 Å². The number of fused-ring (bicyclic) bond motifs is 1. The van der Waals surface area contributed by atoms with Gasteiger partial charge in [-0.15, -0.1) is 0 Å². The standard InChI is InChI=1S/C19H25N5O/c1-2-23-12-16-6-4-3-5-15(16)11-17(23)19(25)24-9-7-14(8-10-24)18-20-13-21-22-18/h3-6,13-14,17H,2,7-12H2,1H3,(H,20,21,22)/t17-/m1/s1. The van der Waals surface area contributed by atoms with Gasteiger partial charge >= 0.3 is 0 Å². The summed E-state index contributed by atoms with van der Waals surface area (Å²) in [7, 11) is 0. The predicted molar refractivity (Wildman–Crippen MR) is 95.0 cm³/mol. The number of likely N-dealkylation sites (tertiary alicyclic amines) is 1. The van der Waals surface area contributed by atoms with Crippen molar-refractivity contribution in [2.24, 2.45) is 0 Å². The minimum Gasteiger partial charge on any atom is -0.341 e. The van der Waals surface area contributed by atoms with Crippen LogP contribution in [0, 0.1) is 0 Å². The van der Waals surface area contributed by atoms with Crippen LogP contribution in [0.4, 0.5) is 0 Å². The van der Waals surface area contributed by atoms with Crippen molar-refractivity contribution in [2.45, 2.75) is 44.7 Å². The van der Waals surface area contributed by atoms with E-state index < -0.39 is 0 Å². The zero-order chi connectivity index (χ0) is 17.2. The van der Waals surface area contributed by atoms with Crippen LogP contribution in [0.3, 0.4) is 0 Å². The van der Waals surface area contributed by atoms with E-state index in [0.717, 1.165) is 51.3 Å². The molecule has 6 nitrogen and oxygen atoms in total. The summed E-state index contributed by atoms with van der Waals surface area (Å²) in [4.78, 5) is 21.8. The highest BCUT2D eigenvalue weighted by Gasteiger charge is 2.35. The van der Waals surface area contributed by atoms with Crippen LogP contribution < -0.4 is 0 Å². The van der Waals surface area contributed by atoms with E-state index in [9.17, 15) is 4.79 Å². The van der Waals surface area contributed by atoms with E-state index in [2.05, 4.69) is 51.3 Å². The van der Waals surface area contributed by atoms with Crippen LogP contribution in [0.5, 0.6) is 0 Å². The number of carbonyl (C=O) groups excluding carboxylic acids is 1. The Bertz CT molecular complexity index is 721. The molecular formula is C19H25N5O. The highest BCUT2D eigenvalue weighted by molar-refractivity contribution is 5.82. The second-order valence-corrected chi connectivity index (χ2v) is 7.02. The second-order valence-electron chi connectivity index (χ2n) is 7.02. The van der Waals surface area contributed by atoms with E-state index in [4.69, 9.17) is 0 Å². The summed E-state index contributed by atoms with van der Waals surface area (Å²) in [6.07, 6.45) is 4.29. The number of carbonyl (C=O) groups is 1. The quantitative estimate of drug-likeness (QED) is 0.928. The number of hydrogen-bond donors (Lipinski definition) is 1. The Hall–Kier alpha value is -2.21. The van der Waals surface area contributed by atoms with Gasteiger partial charge in [0.25, 0.3) is 0 Å². The third-order valence-electron chi connectivity index (χ3n) is 5.66. The number of H-pyrrole nitrogens is 1. The van der Waals surface area contributed by atoms with Crippen LogP contribution in [0.2, 0.25) is 0 Å². The van der Waals surface area contributed by atoms with Gasteiger partial charge in [-0.1, -0.05) is 31.2 Å². The minimum atomic E-state index is -0.0262. The van der Waals surface area contributed by atoms with E-state index in [1.165, 1.54) is 11.1 Å². The lowest BCUT2D eigenvalue weighted by Gasteiger charge is -2.40. The fourth-order valence-electron chi connectivity index (χ4n) is 4.15. The van der Waals surface area contributed by atoms with Gasteiger partial charge in [0.15, 0.2) is 0 Å². The Morgan fingerprint density at radius 1 is 1.24 bits per heavy atom. The number of rotatable bonds is 3. The maximum atomic E-state index is 13.2. The van der Waals surface area contributed by atoms with Gasteiger partial charge in [-0.2, -0.15) is 5.10 Å². The van der Waals surface area contributed by atoms with Crippen molar-refractivity contribution >= 4 is 5.91 Å². The van der Waals surface area contributed by atoms with Gasteiger partial charge < -0.3 is 4.90 Å². The Balaban J connectivity index is 1.44. The molecule has 0 saturated carbocycles. The van der Waals surface area contributed by atoms with Crippen molar-refractivity contribution in [3.05, 3.63) is 47.5 Å². The molecule has 1 N–H and O–H groups in total. The minimum absolute atomic E-state index is 0.0262. The first-order valence-electron chi connectivity index (χ1n) is 9.21. The van der Waals surface area contributed by atoms with Crippen LogP contribution >= 0.6 is 0 Å². The summed E-state index contributed by atoms with van der Waals surface area (Å²) in [5.74, 6) is 1.63. The average molecular weight is 339 g/mol. The molecule has 6 heteroatoms. The molecular weight excluding hydrogens is 314 g/mol. The molecule has 0 radical (unpaired) electrons. The number of benzene rings is 1. The molecule has 132 valence electrons. The largest absolute Gasteiger partial charge is 0.341 e. The summed E-state index contributed by atoms with van der Waals surface area (Å²) in [6.45, 7) is 5.53. The Morgan fingerprint density at radius 3 is 2.68 bits per heavy atom. The fraction of sp³-hybridized carbons (Fsp3) is 0.526. The molecule has 1 atom stereocenters. The molecule has 1 aromatic carbocycles.